The van der Waals surface area contributed by atoms with Crippen molar-refractivity contribution in [2.24, 2.45) is 0 Å². The first-order valence-electron chi connectivity index (χ1n) is 7.14. The molecule has 1 aromatic carbocycles. The standard InChI is InChI=1S/C16H25NO/c1-13-7-8-14(2)15(11-13)12-17-9-10-18-16-5-3-4-6-16/h7-8,11,16-17H,3-6,9-10,12H2,1-2H3. The summed E-state index contributed by atoms with van der Waals surface area (Å²) in [6, 6.07) is 6.63. The fraction of sp³-hybridized carbons (Fsp3) is 0.625. The van der Waals surface area contributed by atoms with E-state index in [0.717, 1.165) is 19.7 Å². The smallest absolute Gasteiger partial charge is 0.0594 e. The summed E-state index contributed by atoms with van der Waals surface area (Å²) in [5, 5.41) is 3.47. The third kappa shape index (κ3) is 4.11. The number of benzene rings is 1. The Bertz CT molecular complexity index is 369. The highest BCUT2D eigenvalue weighted by molar-refractivity contribution is 5.30. The van der Waals surface area contributed by atoms with E-state index in [1.165, 1.54) is 42.4 Å². The number of ether oxygens (including phenoxy) is 1. The summed E-state index contributed by atoms with van der Waals surface area (Å²) < 4.78 is 5.83. The monoisotopic (exact) mass is 247 g/mol. The van der Waals surface area contributed by atoms with E-state index in [2.05, 4.69) is 37.4 Å². The van der Waals surface area contributed by atoms with Crippen molar-refractivity contribution in [1.29, 1.82) is 0 Å². The first kappa shape index (κ1) is 13.6. The van der Waals surface area contributed by atoms with Gasteiger partial charge in [0.05, 0.1) is 12.7 Å². The normalized spacial score (nSPS) is 16.3. The van der Waals surface area contributed by atoms with Gasteiger partial charge in [0, 0.05) is 13.1 Å². The van der Waals surface area contributed by atoms with Gasteiger partial charge in [0.15, 0.2) is 0 Å². The van der Waals surface area contributed by atoms with E-state index in [9.17, 15) is 0 Å². The average molecular weight is 247 g/mol. The Labute approximate surface area is 111 Å². The topological polar surface area (TPSA) is 21.3 Å². The lowest BCUT2D eigenvalue weighted by Gasteiger charge is -2.12. The van der Waals surface area contributed by atoms with E-state index < -0.39 is 0 Å². The van der Waals surface area contributed by atoms with Crippen LogP contribution >= 0.6 is 0 Å². The van der Waals surface area contributed by atoms with Gasteiger partial charge >= 0.3 is 0 Å². The second-order valence-electron chi connectivity index (χ2n) is 5.38. The molecule has 0 radical (unpaired) electrons. The van der Waals surface area contributed by atoms with Gasteiger partial charge in [-0.2, -0.15) is 0 Å². The molecule has 2 rings (SSSR count). The Hall–Kier alpha value is -0.860. The molecule has 0 heterocycles. The lowest BCUT2D eigenvalue weighted by molar-refractivity contribution is 0.0602. The van der Waals surface area contributed by atoms with Crippen molar-refractivity contribution in [1.82, 2.24) is 5.32 Å². The Morgan fingerprint density at radius 1 is 1.22 bits per heavy atom. The second kappa shape index (κ2) is 6.91. The SMILES string of the molecule is Cc1ccc(C)c(CNCCOC2CCCC2)c1. The van der Waals surface area contributed by atoms with Gasteiger partial charge in [0.25, 0.3) is 0 Å². The number of hydrogen-bond donors (Lipinski definition) is 1. The third-order valence-corrected chi connectivity index (χ3v) is 3.75. The zero-order valence-electron chi connectivity index (χ0n) is 11.7. The van der Waals surface area contributed by atoms with E-state index in [1.54, 1.807) is 0 Å². The van der Waals surface area contributed by atoms with Crippen LogP contribution in [0.3, 0.4) is 0 Å². The third-order valence-electron chi connectivity index (χ3n) is 3.75. The molecule has 0 spiro atoms. The summed E-state index contributed by atoms with van der Waals surface area (Å²) in [7, 11) is 0. The van der Waals surface area contributed by atoms with E-state index in [0.29, 0.717) is 6.10 Å². The van der Waals surface area contributed by atoms with Gasteiger partial charge in [-0.3, -0.25) is 0 Å². The fourth-order valence-corrected chi connectivity index (χ4v) is 2.57. The maximum atomic E-state index is 5.83. The Balaban J connectivity index is 1.64. The molecule has 1 saturated carbocycles. The largest absolute Gasteiger partial charge is 0.377 e. The molecule has 1 aromatic rings. The molecule has 0 aliphatic heterocycles. The summed E-state index contributed by atoms with van der Waals surface area (Å²) in [5.74, 6) is 0. The molecule has 1 aliphatic carbocycles. The van der Waals surface area contributed by atoms with Gasteiger partial charge in [-0.1, -0.05) is 36.6 Å². The minimum atomic E-state index is 0.535. The first-order chi connectivity index (χ1) is 8.75. The molecular weight excluding hydrogens is 222 g/mol. The number of aryl methyl sites for hydroxylation is 2. The summed E-state index contributed by atoms with van der Waals surface area (Å²) in [5.41, 5.74) is 4.10. The Morgan fingerprint density at radius 2 is 2.00 bits per heavy atom. The van der Waals surface area contributed by atoms with Crippen LogP contribution in [0.4, 0.5) is 0 Å². The van der Waals surface area contributed by atoms with Gasteiger partial charge < -0.3 is 10.1 Å². The molecule has 1 fully saturated rings. The minimum Gasteiger partial charge on any atom is -0.377 e. The molecule has 0 unspecified atom stereocenters. The molecule has 100 valence electrons. The molecule has 0 atom stereocenters. The predicted molar refractivity (Wildman–Crippen MR) is 75.8 cm³/mol. The van der Waals surface area contributed by atoms with Gasteiger partial charge in [0.1, 0.15) is 0 Å². The highest BCUT2D eigenvalue weighted by atomic mass is 16.5. The quantitative estimate of drug-likeness (QED) is 0.778. The average Bonchev–Trinajstić information content (AvgIpc) is 2.86. The summed E-state index contributed by atoms with van der Waals surface area (Å²) in [6.07, 6.45) is 5.75. The fourth-order valence-electron chi connectivity index (χ4n) is 2.57. The van der Waals surface area contributed by atoms with Crippen molar-refractivity contribution >= 4 is 0 Å². The minimum absolute atomic E-state index is 0.535. The lowest BCUT2D eigenvalue weighted by atomic mass is 10.1. The predicted octanol–water partition coefficient (Wildman–Crippen LogP) is 3.35. The number of nitrogens with one attached hydrogen (secondary N) is 1. The van der Waals surface area contributed by atoms with Crippen LogP contribution < -0.4 is 5.32 Å². The van der Waals surface area contributed by atoms with Crippen LogP contribution in [0.2, 0.25) is 0 Å². The van der Waals surface area contributed by atoms with Gasteiger partial charge in [-0.05, 0) is 37.8 Å². The summed E-state index contributed by atoms with van der Waals surface area (Å²) >= 11 is 0. The molecule has 2 heteroatoms. The highest BCUT2D eigenvalue weighted by Crippen LogP contribution is 2.20. The van der Waals surface area contributed by atoms with E-state index in [1.807, 2.05) is 0 Å². The van der Waals surface area contributed by atoms with Crippen LogP contribution in [0.1, 0.15) is 42.4 Å². The Kier molecular flexibility index (Phi) is 5.21. The van der Waals surface area contributed by atoms with Crippen molar-refractivity contribution in [2.75, 3.05) is 13.2 Å². The van der Waals surface area contributed by atoms with Gasteiger partial charge in [0.2, 0.25) is 0 Å². The second-order valence-corrected chi connectivity index (χ2v) is 5.38. The zero-order chi connectivity index (χ0) is 12.8. The maximum Gasteiger partial charge on any atom is 0.0594 e. The van der Waals surface area contributed by atoms with Crippen molar-refractivity contribution in [2.45, 2.75) is 52.2 Å². The zero-order valence-corrected chi connectivity index (χ0v) is 11.7. The van der Waals surface area contributed by atoms with E-state index >= 15 is 0 Å². The maximum absolute atomic E-state index is 5.83. The summed E-state index contributed by atoms with van der Waals surface area (Å²) in [6.45, 7) is 7.05. The first-order valence-corrected chi connectivity index (χ1v) is 7.14. The van der Waals surface area contributed by atoms with Crippen molar-refractivity contribution in [3.05, 3.63) is 34.9 Å². The molecule has 0 amide bonds. The molecule has 0 bridgehead atoms. The highest BCUT2D eigenvalue weighted by Gasteiger charge is 2.14. The van der Waals surface area contributed by atoms with Crippen LogP contribution in [0.5, 0.6) is 0 Å². The van der Waals surface area contributed by atoms with Crippen LogP contribution in [-0.4, -0.2) is 19.3 Å². The summed E-state index contributed by atoms with van der Waals surface area (Å²) in [4.78, 5) is 0. The van der Waals surface area contributed by atoms with Crippen LogP contribution in [0, 0.1) is 13.8 Å². The van der Waals surface area contributed by atoms with E-state index in [4.69, 9.17) is 4.74 Å². The molecule has 18 heavy (non-hydrogen) atoms. The Morgan fingerprint density at radius 3 is 2.78 bits per heavy atom. The van der Waals surface area contributed by atoms with Crippen molar-refractivity contribution < 1.29 is 4.74 Å². The van der Waals surface area contributed by atoms with Gasteiger partial charge in [-0.25, -0.2) is 0 Å². The molecule has 1 N–H and O–H groups in total. The van der Waals surface area contributed by atoms with Crippen molar-refractivity contribution in [3.8, 4) is 0 Å². The molecule has 1 aliphatic rings. The number of rotatable bonds is 6. The number of hydrogen-bond acceptors (Lipinski definition) is 2. The van der Waals surface area contributed by atoms with Crippen molar-refractivity contribution in [3.63, 3.8) is 0 Å². The van der Waals surface area contributed by atoms with Crippen LogP contribution in [-0.2, 0) is 11.3 Å². The lowest BCUT2D eigenvalue weighted by Crippen LogP contribution is -2.22. The molecule has 0 aromatic heterocycles. The molecular formula is C16H25NO. The van der Waals surface area contributed by atoms with Crippen LogP contribution in [0.15, 0.2) is 18.2 Å². The van der Waals surface area contributed by atoms with Gasteiger partial charge in [-0.15, -0.1) is 0 Å². The molecule has 0 saturated heterocycles. The van der Waals surface area contributed by atoms with E-state index in [-0.39, 0.29) is 0 Å². The molecule has 2 nitrogen and oxygen atoms in total. The van der Waals surface area contributed by atoms with Crippen LogP contribution in [0.25, 0.3) is 0 Å².